The number of nitrogens with zero attached hydrogens (tertiary/aromatic N) is 3. The summed E-state index contributed by atoms with van der Waals surface area (Å²) in [6.45, 7) is 12.3. The summed E-state index contributed by atoms with van der Waals surface area (Å²) in [5.74, 6) is 0.950. The first-order chi connectivity index (χ1) is 12.6. The molecule has 148 valence electrons. The monoisotopic (exact) mass is 373 g/mol. The summed E-state index contributed by atoms with van der Waals surface area (Å²) in [4.78, 5) is 12.7. The fourth-order valence-electron chi connectivity index (χ4n) is 3.14. The number of nitrogens with one attached hydrogen (secondary N) is 1. The summed E-state index contributed by atoms with van der Waals surface area (Å²) < 4.78 is 7.31. The van der Waals surface area contributed by atoms with E-state index in [4.69, 9.17) is 10.5 Å². The molecule has 1 aromatic heterocycles. The van der Waals surface area contributed by atoms with E-state index in [1.807, 2.05) is 52.0 Å². The third kappa shape index (κ3) is 5.29. The predicted octanol–water partition coefficient (Wildman–Crippen LogP) is 2.86. The molecule has 0 aliphatic rings. The van der Waals surface area contributed by atoms with Crippen molar-refractivity contribution in [2.75, 3.05) is 6.54 Å². The van der Waals surface area contributed by atoms with Gasteiger partial charge in [0.1, 0.15) is 5.75 Å². The highest BCUT2D eigenvalue weighted by Crippen LogP contribution is 2.19. The third-order valence-electron chi connectivity index (χ3n) is 4.29. The lowest BCUT2D eigenvalue weighted by molar-refractivity contribution is 0.0892. The Morgan fingerprint density at radius 2 is 1.89 bits per heavy atom. The second kappa shape index (κ2) is 8.52. The molecule has 2 aromatic rings. The molecular formula is C20H31N5O2. The molecule has 1 amide bonds. The third-order valence-corrected chi connectivity index (χ3v) is 4.29. The highest BCUT2D eigenvalue weighted by Gasteiger charge is 2.28. The van der Waals surface area contributed by atoms with Crippen molar-refractivity contribution in [3.05, 3.63) is 35.7 Å². The Bertz CT molecular complexity index is 767. The van der Waals surface area contributed by atoms with Gasteiger partial charge in [-0.25, -0.2) is 4.68 Å². The number of amides is 1. The molecule has 0 fully saturated rings. The lowest BCUT2D eigenvalue weighted by atomic mass is 9.90. The van der Waals surface area contributed by atoms with Crippen LogP contribution in [0.5, 0.6) is 5.75 Å². The molecule has 0 spiro atoms. The van der Waals surface area contributed by atoms with Gasteiger partial charge in [0.25, 0.3) is 5.91 Å². The van der Waals surface area contributed by atoms with Gasteiger partial charge in [-0.15, -0.1) is 5.10 Å². The number of aromatic nitrogens is 3. The maximum Gasteiger partial charge on any atom is 0.274 e. The number of ether oxygens (including phenoxy) is 1. The minimum atomic E-state index is -0.475. The van der Waals surface area contributed by atoms with Crippen molar-refractivity contribution >= 4 is 5.91 Å². The van der Waals surface area contributed by atoms with Crippen LogP contribution >= 0.6 is 0 Å². The minimum Gasteiger partial charge on any atom is -0.491 e. The van der Waals surface area contributed by atoms with Crippen molar-refractivity contribution in [1.29, 1.82) is 0 Å². The number of carbonyl (C=O) groups excluding carboxylic acids is 1. The largest absolute Gasteiger partial charge is 0.491 e. The van der Waals surface area contributed by atoms with Crippen molar-refractivity contribution in [3.63, 3.8) is 0 Å². The van der Waals surface area contributed by atoms with Crippen molar-refractivity contribution in [1.82, 2.24) is 20.3 Å². The SMILES string of the molecule is Cc1c(C(=O)NC(C)(CN)CC(C)C)nnn1-c1ccc(OC(C)C)cc1. The number of carbonyl (C=O) groups is 1. The number of hydrogen-bond acceptors (Lipinski definition) is 5. The topological polar surface area (TPSA) is 95.1 Å². The Labute approximate surface area is 161 Å². The highest BCUT2D eigenvalue weighted by molar-refractivity contribution is 5.93. The van der Waals surface area contributed by atoms with E-state index in [0.29, 0.717) is 23.9 Å². The molecular weight excluding hydrogens is 342 g/mol. The first-order valence-corrected chi connectivity index (χ1v) is 9.37. The minimum absolute atomic E-state index is 0.113. The summed E-state index contributed by atoms with van der Waals surface area (Å²) in [6, 6.07) is 7.54. The number of hydrogen-bond donors (Lipinski definition) is 2. The predicted molar refractivity (Wildman–Crippen MR) is 106 cm³/mol. The average Bonchev–Trinajstić information content (AvgIpc) is 2.96. The first-order valence-electron chi connectivity index (χ1n) is 9.37. The Balaban J connectivity index is 2.20. The van der Waals surface area contributed by atoms with E-state index in [0.717, 1.165) is 17.9 Å². The van der Waals surface area contributed by atoms with Gasteiger partial charge in [0.2, 0.25) is 0 Å². The fraction of sp³-hybridized carbons (Fsp3) is 0.550. The number of nitrogens with two attached hydrogens (primary N) is 1. The van der Waals surface area contributed by atoms with E-state index in [-0.39, 0.29) is 12.0 Å². The van der Waals surface area contributed by atoms with Gasteiger partial charge in [0.15, 0.2) is 5.69 Å². The quantitative estimate of drug-likeness (QED) is 0.742. The van der Waals surface area contributed by atoms with E-state index in [1.54, 1.807) is 4.68 Å². The lowest BCUT2D eigenvalue weighted by Gasteiger charge is -2.30. The van der Waals surface area contributed by atoms with Crippen LogP contribution in [-0.2, 0) is 0 Å². The van der Waals surface area contributed by atoms with Crippen molar-refractivity contribution < 1.29 is 9.53 Å². The average molecular weight is 374 g/mol. The van der Waals surface area contributed by atoms with Crippen LogP contribution in [0, 0.1) is 12.8 Å². The van der Waals surface area contributed by atoms with Gasteiger partial charge in [-0.1, -0.05) is 19.1 Å². The van der Waals surface area contributed by atoms with E-state index in [9.17, 15) is 4.79 Å². The lowest BCUT2D eigenvalue weighted by Crippen LogP contribution is -2.52. The van der Waals surface area contributed by atoms with Gasteiger partial charge < -0.3 is 15.8 Å². The van der Waals surface area contributed by atoms with E-state index >= 15 is 0 Å². The molecule has 3 N–H and O–H groups in total. The first kappa shape index (κ1) is 20.9. The van der Waals surface area contributed by atoms with Crippen LogP contribution in [0.4, 0.5) is 0 Å². The molecule has 7 nitrogen and oxygen atoms in total. The van der Waals surface area contributed by atoms with Crippen molar-refractivity contribution in [2.45, 2.75) is 59.6 Å². The van der Waals surface area contributed by atoms with Crippen LogP contribution < -0.4 is 15.8 Å². The van der Waals surface area contributed by atoms with Gasteiger partial charge in [-0.05, 0) is 64.3 Å². The van der Waals surface area contributed by atoms with Crippen LogP contribution in [0.2, 0.25) is 0 Å². The van der Waals surface area contributed by atoms with Crippen molar-refractivity contribution in [2.24, 2.45) is 11.7 Å². The molecule has 27 heavy (non-hydrogen) atoms. The van der Waals surface area contributed by atoms with E-state index < -0.39 is 5.54 Å². The van der Waals surface area contributed by atoms with Gasteiger partial charge in [0, 0.05) is 6.54 Å². The summed E-state index contributed by atoms with van der Waals surface area (Å²) >= 11 is 0. The molecule has 1 atom stereocenters. The van der Waals surface area contributed by atoms with E-state index in [2.05, 4.69) is 29.5 Å². The molecule has 0 saturated heterocycles. The van der Waals surface area contributed by atoms with Gasteiger partial charge in [-0.2, -0.15) is 0 Å². The highest BCUT2D eigenvalue weighted by atomic mass is 16.5. The molecule has 1 heterocycles. The summed E-state index contributed by atoms with van der Waals surface area (Å²) in [6.07, 6.45) is 0.904. The molecule has 0 saturated carbocycles. The molecule has 1 unspecified atom stereocenters. The van der Waals surface area contributed by atoms with Crippen LogP contribution in [0.3, 0.4) is 0 Å². The Hall–Kier alpha value is -2.41. The van der Waals surface area contributed by atoms with Gasteiger partial charge in [-0.3, -0.25) is 4.79 Å². The molecule has 0 bridgehead atoms. The molecule has 0 aliphatic carbocycles. The number of rotatable bonds is 8. The molecule has 7 heteroatoms. The standard InChI is InChI=1S/C20H31N5O2/c1-13(2)11-20(6,12-21)22-19(26)18-15(5)25(24-23-18)16-7-9-17(10-8-16)27-14(3)4/h7-10,13-14H,11-12,21H2,1-6H3,(H,22,26). The second-order valence-corrected chi connectivity index (χ2v) is 7.91. The molecule has 1 aromatic carbocycles. The summed E-state index contributed by atoms with van der Waals surface area (Å²) in [7, 11) is 0. The van der Waals surface area contributed by atoms with Crippen LogP contribution in [0.1, 0.15) is 57.2 Å². The number of benzene rings is 1. The Morgan fingerprint density at radius 1 is 1.26 bits per heavy atom. The summed E-state index contributed by atoms with van der Waals surface area (Å²) in [5.41, 5.74) is 7.22. The zero-order valence-corrected chi connectivity index (χ0v) is 17.1. The second-order valence-electron chi connectivity index (χ2n) is 7.91. The van der Waals surface area contributed by atoms with Crippen LogP contribution in [0.25, 0.3) is 5.69 Å². The maximum absolute atomic E-state index is 12.7. The zero-order chi connectivity index (χ0) is 20.2. The van der Waals surface area contributed by atoms with Gasteiger partial charge >= 0.3 is 0 Å². The summed E-state index contributed by atoms with van der Waals surface area (Å²) in [5, 5.41) is 11.3. The molecule has 0 radical (unpaired) electrons. The van der Waals surface area contributed by atoms with Crippen molar-refractivity contribution in [3.8, 4) is 11.4 Å². The normalized spacial score (nSPS) is 13.7. The Morgan fingerprint density at radius 3 is 2.41 bits per heavy atom. The Kier molecular flexibility index (Phi) is 6.59. The molecule has 0 aliphatic heterocycles. The fourth-order valence-corrected chi connectivity index (χ4v) is 3.14. The zero-order valence-electron chi connectivity index (χ0n) is 17.1. The van der Waals surface area contributed by atoms with Gasteiger partial charge in [0.05, 0.1) is 23.0 Å². The molecule has 2 rings (SSSR count). The van der Waals surface area contributed by atoms with E-state index in [1.165, 1.54) is 0 Å². The maximum atomic E-state index is 12.7. The van der Waals surface area contributed by atoms with Crippen LogP contribution in [0.15, 0.2) is 24.3 Å². The smallest absolute Gasteiger partial charge is 0.274 e. The van der Waals surface area contributed by atoms with Crippen LogP contribution in [-0.4, -0.2) is 39.1 Å².